The van der Waals surface area contributed by atoms with Crippen LogP contribution in [0.3, 0.4) is 0 Å². The second-order valence-corrected chi connectivity index (χ2v) is 6.35. The van der Waals surface area contributed by atoms with Crippen molar-refractivity contribution in [1.29, 1.82) is 0 Å². The summed E-state index contributed by atoms with van der Waals surface area (Å²) in [6.45, 7) is 3.42. The smallest absolute Gasteiger partial charge is 0.406 e. The van der Waals surface area contributed by atoms with E-state index in [1.807, 2.05) is 0 Å². The van der Waals surface area contributed by atoms with E-state index >= 15 is 0 Å². The van der Waals surface area contributed by atoms with E-state index in [0.29, 0.717) is 22.4 Å². The molecule has 2 rings (SSSR count). The lowest BCUT2D eigenvalue weighted by atomic mass is 10.3. The van der Waals surface area contributed by atoms with Gasteiger partial charge in [0, 0.05) is 17.4 Å². The quantitative estimate of drug-likeness (QED) is 0.618. The van der Waals surface area contributed by atoms with Gasteiger partial charge in [-0.3, -0.25) is 4.79 Å². The normalized spacial score (nSPS) is 12.5. The number of aromatic nitrogens is 2. The number of thioether (sulfide) groups is 1. The summed E-state index contributed by atoms with van der Waals surface area (Å²) < 4.78 is 40.1. The monoisotopic (exact) mass is 372 g/mol. The Hall–Kier alpha value is -2.49. The van der Waals surface area contributed by atoms with Gasteiger partial charge in [0.15, 0.2) is 5.16 Å². The number of alkyl halides is 3. The van der Waals surface area contributed by atoms with Gasteiger partial charge in [-0.2, -0.15) is 0 Å². The summed E-state index contributed by atoms with van der Waals surface area (Å²) >= 11 is 1.12. The first-order valence-corrected chi connectivity index (χ1v) is 7.95. The van der Waals surface area contributed by atoms with E-state index in [4.69, 9.17) is 5.73 Å². The van der Waals surface area contributed by atoms with E-state index in [-0.39, 0.29) is 11.7 Å². The number of hydrogen-bond acceptors (Lipinski definition) is 6. The second-order valence-electron chi connectivity index (χ2n) is 5.04. The number of ether oxygens (including phenoxy) is 1. The second kappa shape index (κ2) is 7.60. The third kappa shape index (κ3) is 6.14. The van der Waals surface area contributed by atoms with Gasteiger partial charge >= 0.3 is 6.36 Å². The summed E-state index contributed by atoms with van der Waals surface area (Å²) in [5.74, 6) is -0.405. The SMILES string of the molecule is Cc1cc(N)nc(S[C@H](C)C(=O)Nc2ccc(OC(F)(F)F)cc2)n1. The number of nitrogen functional groups attached to an aromatic ring is 1. The van der Waals surface area contributed by atoms with Gasteiger partial charge in [-0.25, -0.2) is 9.97 Å². The zero-order valence-corrected chi connectivity index (χ0v) is 14.1. The molecule has 1 aromatic heterocycles. The molecular formula is C15H15F3N4O2S. The van der Waals surface area contributed by atoms with Crippen molar-refractivity contribution in [3.63, 3.8) is 0 Å². The molecule has 0 spiro atoms. The first-order chi connectivity index (χ1) is 11.6. The van der Waals surface area contributed by atoms with Gasteiger partial charge in [0.1, 0.15) is 11.6 Å². The fourth-order valence-electron chi connectivity index (χ4n) is 1.81. The molecule has 0 unspecified atom stereocenters. The Balaban J connectivity index is 1.96. The fourth-order valence-corrected chi connectivity index (χ4v) is 2.65. The van der Waals surface area contributed by atoms with Crippen LogP contribution < -0.4 is 15.8 Å². The van der Waals surface area contributed by atoms with Gasteiger partial charge in [-0.1, -0.05) is 11.8 Å². The van der Waals surface area contributed by atoms with Crippen LogP contribution in [0.15, 0.2) is 35.5 Å². The minimum absolute atomic E-state index is 0.308. The molecule has 3 N–H and O–H groups in total. The number of hydrogen-bond donors (Lipinski definition) is 2. The minimum Gasteiger partial charge on any atom is -0.406 e. The van der Waals surface area contributed by atoms with Crippen LogP contribution in [0.2, 0.25) is 0 Å². The summed E-state index contributed by atoms with van der Waals surface area (Å²) in [6.07, 6.45) is -4.76. The molecule has 0 saturated heterocycles. The molecule has 1 aromatic carbocycles. The molecule has 0 fully saturated rings. The molecule has 1 amide bonds. The van der Waals surface area contributed by atoms with Gasteiger partial charge in [-0.15, -0.1) is 13.2 Å². The van der Waals surface area contributed by atoms with Crippen molar-refractivity contribution in [2.24, 2.45) is 0 Å². The number of carbonyl (C=O) groups is 1. The van der Waals surface area contributed by atoms with E-state index in [9.17, 15) is 18.0 Å². The van der Waals surface area contributed by atoms with E-state index in [2.05, 4.69) is 20.0 Å². The van der Waals surface area contributed by atoms with E-state index in [1.165, 1.54) is 12.1 Å². The number of halogens is 3. The number of aryl methyl sites for hydroxylation is 1. The number of nitrogens with zero attached hydrogens (tertiary/aromatic N) is 2. The lowest BCUT2D eigenvalue weighted by molar-refractivity contribution is -0.274. The molecule has 134 valence electrons. The van der Waals surface area contributed by atoms with Gasteiger partial charge in [0.2, 0.25) is 5.91 Å². The van der Waals surface area contributed by atoms with Gasteiger partial charge < -0.3 is 15.8 Å². The Morgan fingerprint density at radius 3 is 2.48 bits per heavy atom. The largest absolute Gasteiger partial charge is 0.573 e. The number of rotatable bonds is 5. The van der Waals surface area contributed by atoms with Crippen molar-refractivity contribution in [3.8, 4) is 5.75 Å². The Bertz CT molecular complexity index is 733. The maximum absolute atomic E-state index is 12.2. The average Bonchev–Trinajstić information content (AvgIpc) is 2.46. The summed E-state index contributed by atoms with van der Waals surface area (Å²) in [5.41, 5.74) is 6.66. The maximum Gasteiger partial charge on any atom is 0.573 e. The fraction of sp³-hybridized carbons (Fsp3) is 0.267. The molecule has 0 radical (unpaired) electrons. The lowest BCUT2D eigenvalue weighted by Gasteiger charge is -2.12. The summed E-state index contributed by atoms with van der Waals surface area (Å²) in [5, 5.41) is 2.43. The zero-order valence-electron chi connectivity index (χ0n) is 13.3. The first kappa shape index (κ1) is 18.8. The molecule has 0 aliphatic heterocycles. The van der Waals surface area contributed by atoms with Gasteiger partial charge in [-0.05, 0) is 38.1 Å². The highest BCUT2D eigenvalue weighted by Crippen LogP contribution is 2.25. The van der Waals surface area contributed by atoms with Crippen LogP contribution in [-0.4, -0.2) is 27.5 Å². The van der Waals surface area contributed by atoms with E-state index in [1.54, 1.807) is 19.9 Å². The predicted octanol–water partition coefficient (Wildman–Crippen LogP) is 3.39. The Morgan fingerprint density at radius 2 is 1.92 bits per heavy atom. The molecule has 6 nitrogen and oxygen atoms in total. The van der Waals surface area contributed by atoms with Crippen molar-refractivity contribution in [1.82, 2.24) is 9.97 Å². The standard InChI is InChI=1S/C15H15F3N4O2S/c1-8-7-12(19)22-14(20-8)25-9(2)13(23)21-10-3-5-11(6-4-10)24-15(16,17)18/h3-7,9H,1-2H3,(H,21,23)(H2,19,20,22)/t9-/m1/s1. The molecular weight excluding hydrogens is 357 g/mol. The Kier molecular flexibility index (Phi) is 5.73. The van der Waals surface area contributed by atoms with E-state index < -0.39 is 11.6 Å². The Labute approximate surface area is 146 Å². The number of nitrogens with two attached hydrogens (primary N) is 1. The van der Waals surface area contributed by atoms with Crippen molar-refractivity contribution >= 4 is 29.2 Å². The predicted molar refractivity (Wildman–Crippen MR) is 88.3 cm³/mol. The van der Waals surface area contributed by atoms with Crippen LogP contribution in [0.25, 0.3) is 0 Å². The summed E-state index contributed by atoms with van der Waals surface area (Å²) in [7, 11) is 0. The van der Waals surface area contributed by atoms with Crippen molar-refractivity contribution in [2.45, 2.75) is 30.6 Å². The molecule has 0 bridgehead atoms. The summed E-state index contributed by atoms with van der Waals surface area (Å²) in [4.78, 5) is 20.4. The number of benzene rings is 1. The number of carbonyl (C=O) groups excluding carboxylic acids is 1. The number of amides is 1. The third-order valence-electron chi connectivity index (χ3n) is 2.86. The minimum atomic E-state index is -4.76. The van der Waals surface area contributed by atoms with Crippen molar-refractivity contribution in [2.75, 3.05) is 11.1 Å². The molecule has 10 heteroatoms. The van der Waals surface area contributed by atoms with Crippen LogP contribution in [-0.2, 0) is 4.79 Å². The average molecular weight is 372 g/mol. The number of anilines is 2. The van der Waals surface area contributed by atoms with E-state index in [0.717, 1.165) is 23.9 Å². The molecule has 0 aliphatic carbocycles. The van der Waals surface area contributed by atoms with Gasteiger partial charge in [0.25, 0.3) is 0 Å². The van der Waals surface area contributed by atoms with Crippen LogP contribution in [0.1, 0.15) is 12.6 Å². The number of nitrogens with one attached hydrogen (secondary N) is 1. The third-order valence-corrected chi connectivity index (χ3v) is 3.82. The lowest BCUT2D eigenvalue weighted by Crippen LogP contribution is -2.22. The van der Waals surface area contributed by atoms with Crippen LogP contribution >= 0.6 is 11.8 Å². The highest BCUT2D eigenvalue weighted by molar-refractivity contribution is 8.00. The first-order valence-electron chi connectivity index (χ1n) is 7.07. The van der Waals surface area contributed by atoms with Crippen LogP contribution in [0, 0.1) is 6.92 Å². The Morgan fingerprint density at radius 1 is 1.28 bits per heavy atom. The highest BCUT2D eigenvalue weighted by atomic mass is 32.2. The van der Waals surface area contributed by atoms with Gasteiger partial charge in [0.05, 0.1) is 5.25 Å². The summed E-state index contributed by atoms with van der Waals surface area (Å²) in [6, 6.07) is 6.48. The van der Waals surface area contributed by atoms with Crippen LogP contribution in [0.5, 0.6) is 5.75 Å². The van der Waals surface area contributed by atoms with Crippen molar-refractivity contribution in [3.05, 3.63) is 36.0 Å². The highest BCUT2D eigenvalue weighted by Gasteiger charge is 2.31. The molecule has 0 saturated carbocycles. The molecule has 1 atom stereocenters. The molecule has 1 heterocycles. The zero-order chi connectivity index (χ0) is 18.6. The topological polar surface area (TPSA) is 90.1 Å². The van der Waals surface area contributed by atoms with Crippen LogP contribution in [0.4, 0.5) is 24.7 Å². The molecule has 25 heavy (non-hydrogen) atoms. The molecule has 2 aromatic rings. The maximum atomic E-state index is 12.2. The molecule has 0 aliphatic rings. The van der Waals surface area contributed by atoms with Crippen molar-refractivity contribution < 1.29 is 22.7 Å².